The highest BCUT2D eigenvalue weighted by atomic mass is 16.1. The zero-order valence-electron chi connectivity index (χ0n) is 12.0. The maximum atomic E-state index is 12.3. The normalized spacial score (nSPS) is 10.7. The lowest BCUT2D eigenvalue weighted by atomic mass is 10.0. The van der Waals surface area contributed by atoms with Crippen LogP contribution in [0.1, 0.15) is 27.2 Å². The maximum absolute atomic E-state index is 12.3. The number of hydrogen-bond donors (Lipinski definition) is 0. The molecule has 22 heavy (non-hydrogen) atoms. The van der Waals surface area contributed by atoms with Gasteiger partial charge in [-0.25, -0.2) is 0 Å². The van der Waals surface area contributed by atoms with Gasteiger partial charge in [-0.3, -0.25) is 9.78 Å². The second kappa shape index (κ2) is 6.64. The van der Waals surface area contributed by atoms with Crippen molar-refractivity contribution in [1.82, 2.24) is 4.98 Å². The second-order valence-corrected chi connectivity index (χ2v) is 4.91. The van der Waals surface area contributed by atoms with Crippen molar-refractivity contribution in [1.29, 1.82) is 0 Å². The minimum atomic E-state index is 0.0425. The highest BCUT2D eigenvalue weighted by molar-refractivity contribution is 6.09. The van der Waals surface area contributed by atoms with E-state index in [1.807, 2.05) is 84.9 Å². The van der Waals surface area contributed by atoms with E-state index in [4.69, 9.17) is 0 Å². The zero-order valence-corrected chi connectivity index (χ0v) is 12.0. The number of hydrogen-bond acceptors (Lipinski definition) is 2. The molecule has 1 heterocycles. The minimum Gasteiger partial charge on any atom is -0.289 e. The Bertz CT molecular complexity index is 775. The van der Waals surface area contributed by atoms with E-state index in [1.54, 1.807) is 6.20 Å². The monoisotopic (exact) mass is 285 g/mol. The molecule has 0 saturated carbocycles. The molecule has 0 spiro atoms. The summed E-state index contributed by atoms with van der Waals surface area (Å²) in [6, 6.07) is 22.7. The molecule has 0 aliphatic carbocycles. The van der Waals surface area contributed by atoms with E-state index in [0.717, 1.165) is 11.3 Å². The first-order valence-corrected chi connectivity index (χ1v) is 7.12. The van der Waals surface area contributed by atoms with Crippen molar-refractivity contribution in [3.63, 3.8) is 0 Å². The van der Waals surface area contributed by atoms with Crippen molar-refractivity contribution in [3.05, 3.63) is 101 Å². The van der Waals surface area contributed by atoms with Gasteiger partial charge in [0.2, 0.25) is 0 Å². The maximum Gasteiger partial charge on any atom is 0.193 e. The highest BCUT2D eigenvalue weighted by Gasteiger charge is 2.07. The van der Waals surface area contributed by atoms with Crippen molar-refractivity contribution in [2.24, 2.45) is 0 Å². The molecule has 0 aliphatic rings. The lowest BCUT2D eigenvalue weighted by Gasteiger charge is -2.01. The largest absolute Gasteiger partial charge is 0.289 e. The average molecular weight is 285 g/mol. The standard InChI is InChI=1S/C20H15NO/c22-20(17-6-2-1-3-7-17)18-12-9-16(10-13-18)11-14-19-8-4-5-15-21-19/h1-15H. The number of aromatic nitrogens is 1. The molecule has 0 unspecified atom stereocenters. The fourth-order valence-electron chi connectivity index (χ4n) is 2.16. The molecular formula is C20H15NO. The van der Waals surface area contributed by atoms with Crippen LogP contribution in [-0.4, -0.2) is 10.8 Å². The SMILES string of the molecule is O=C(c1ccccc1)c1ccc(C=Cc2ccccn2)cc1. The van der Waals surface area contributed by atoms with Crippen molar-refractivity contribution >= 4 is 17.9 Å². The van der Waals surface area contributed by atoms with Crippen LogP contribution in [0.25, 0.3) is 12.2 Å². The van der Waals surface area contributed by atoms with Gasteiger partial charge >= 0.3 is 0 Å². The summed E-state index contributed by atoms with van der Waals surface area (Å²) < 4.78 is 0. The Morgan fingerprint density at radius 2 is 1.41 bits per heavy atom. The van der Waals surface area contributed by atoms with Crippen molar-refractivity contribution in [2.75, 3.05) is 0 Å². The molecule has 0 aliphatic heterocycles. The van der Waals surface area contributed by atoms with Gasteiger partial charge < -0.3 is 0 Å². The summed E-state index contributed by atoms with van der Waals surface area (Å²) in [7, 11) is 0. The van der Waals surface area contributed by atoms with Crippen LogP contribution in [0.5, 0.6) is 0 Å². The molecule has 0 fully saturated rings. The van der Waals surface area contributed by atoms with E-state index in [9.17, 15) is 4.79 Å². The predicted octanol–water partition coefficient (Wildman–Crippen LogP) is 4.48. The number of benzene rings is 2. The third-order valence-corrected chi connectivity index (χ3v) is 3.34. The molecule has 0 saturated heterocycles. The Balaban J connectivity index is 1.76. The molecule has 0 bridgehead atoms. The van der Waals surface area contributed by atoms with Gasteiger partial charge in [0.25, 0.3) is 0 Å². The lowest BCUT2D eigenvalue weighted by Crippen LogP contribution is -2.00. The van der Waals surface area contributed by atoms with Crippen LogP contribution in [0, 0.1) is 0 Å². The molecule has 0 amide bonds. The Labute approximate surface area is 129 Å². The smallest absolute Gasteiger partial charge is 0.193 e. The van der Waals surface area contributed by atoms with Gasteiger partial charge in [-0.2, -0.15) is 0 Å². The molecule has 3 aromatic rings. The summed E-state index contributed by atoms with van der Waals surface area (Å²) in [5, 5.41) is 0. The van der Waals surface area contributed by atoms with Crippen LogP contribution < -0.4 is 0 Å². The van der Waals surface area contributed by atoms with E-state index < -0.39 is 0 Å². The first-order valence-electron chi connectivity index (χ1n) is 7.12. The van der Waals surface area contributed by atoms with Crippen LogP contribution >= 0.6 is 0 Å². The summed E-state index contributed by atoms with van der Waals surface area (Å²) in [6.45, 7) is 0. The van der Waals surface area contributed by atoms with Gasteiger partial charge in [0.1, 0.15) is 0 Å². The molecule has 0 atom stereocenters. The van der Waals surface area contributed by atoms with Crippen molar-refractivity contribution in [2.45, 2.75) is 0 Å². The summed E-state index contributed by atoms with van der Waals surface area (Å²) >= 11 is 0. The van der Waals surface area contributed by atoms with Gasteiger partial charge in [0.05, 0.1) is 5.69 Å². The molecule has 3 rings (SSSR count). The van der Waals surface area contributed by atoms with Crippen molar-refractivity contribution in [3.8, 4) is 0 Å². The minimum absolute atomic E-state index is 0.0425. The molecule has 2 aromatic carbocycles. The van der Waals surface area contributed by atoms with Crippen LogP contribution in [0.15, 0.2) is 79.0 Å². The number of nitrogens with zero attached hydrogens (tertiary/aromatic N) is 1. The third kappa shape index (κ3) is 3.36. The Kier molecular flexibility index (Phi) is 4.21. The molecule has 0 radical (unpaired) electrons. The Hall–Kier alpha value is -3.00. The molecular weight excluding hydrogens is 270 g/mol. The first-order chi connectivity index (χ1) is 10.8. The Morgan fingerprint density at radius 3 is 2.09 bits per heavy atom. The van der Waals surface area contributed by atoms with E-state index in [0.29, 0.717) is 11.1 Å². The number of rotatable bonds is 4. The molecule has 1 aromatic heterocycles. The summed E-state index contributed by atoms with van der Waals surface area (Å²) in [5.74, 6) is 0.0425. The van der Waals surface area contributed by atoms with Crippen molar-refractivity contribution < 1.29 is 4.79 Å². The third-order valence-electron chi connectivity index (χ3n) is 3.34. The topological polar surface area (TPSA) is 30.0 Å². The van der Waals surface area contributed by atoms with Crippen LogP contribution in [-0.2, 0) is 0 Å². The van der Waals surface area contributed by atoms with Gasteiger partial charge in [-0.1, -0.05) is 66.7 Å². The lowest BCUT2D eigenvalue weighted by molar-refractivity contribution is 0.103. The molecule has 106 valence electrons. The number of ketones is 1. The fourth-order valence-corrected chi connectivity index (χ4v) is 2.16. The van der Waals surface area contributed by atoms with Gasteiger partial charge in [0.15, 0.2) is 5.78 Å². The van der Waals surface area contributed by atoms with E-state index in [2.05, 4.69) is 4.98 Å². The molecule has 2 nitrogen and oxygen atoms in total. The Morgan fingerprint density at radius 1 is 0.727 bits per heavy atom. The predicted molar refractivity (Wildman–Crippen MR) is 89.5 cm³/mol. The summed E-state index contributed by atoms with van der Waals surface area (Å²) in [5.41, 5.74) is 3.35. The average Bonchev–Trinajstić information content (AvgIpc) is 2.61. The van der Waals surface area contributed by atoms with Crippen LogP contribution in [0.3, 0.4) is 0 Å². The number of pyridine rings is 1. The number of carbonyl (C=O) groups excluding carboxylic acids is 1. The van der Waals surface area contributed by atoms with Crippen LogP contribution in [0.4, 0.5) is 0 Å². The highest BCUT2D eigenvalue weighted by Crippen LogP contribution is 2.12. The van der Waals surface area contributed by atoms with Gasteiger partial charge in [0, 0.05) is 17.3 Å². The van der Waals surface area contributed by atoms with Gasteiger partial charge in [-0.05, 0) is 23.8 Å². The number of carbonyl (C=O) groups is 1. The zero-order chi connectivity index (χ0) is 15.2. The molecule has 0 N–H and O–H groups in total. The summed E-state index contributed by atoms with van der Waals surface area (Å²) in [6.07, 6.45) is 5.70. The first kappa shape index (κ1) is 14.0. The van der Waals surface area contributed by atoms with E-state index in [1.165, 1.54) is 0 Å². The quantitative estimate of drug-likeness (QED) is 0.661. The molecule has 2 heteroatoms. The van der Waals surface area contributed by atoms with E-state index in [-0.39, 0.29) is 5.78 Å². The van der Waals surface area contributed by atoms with Gasteiger partial charge in [-0.15, -0.1) is 0 Å². The fraction of sp³-hybridized carbons (Fsp3) is 0. The second-order valence-electron chi connectivity index (χ2n) is 4.91. The van der Waals surface area contributed by atoms with Crippen LogP contribution in [0.2, 0.25) is 0 Å². The summed E-state index contributed by atoms with van der Waals surface area (Å²) in [4.78, 5) is 16.5. The van der Waals surface area contributed by atoms with E-state index >= 15 is 0 Å².